The summed E-state index contributed by atoms with van der Waals surface area (Å²) in [6, 6.07) is 4.72. The number of benzene rings is 1. The first-order valence-corrected chi connectivity index (χ1v) is 5.05. The smallest absolute Gasteiger partial charge is 0.144 e. The van der Waals surface area contributed by atoms with Gasteiger partial charge in [-0.2, -0.15) is 0 Å². The lowest BCUT2D eigenvalue weighted by Crippen LogP contribution is -2.29. The van der Waals surface area contributed by atoms with Crippen LogP contribution in [0.5, 0.6) is 0 Å². The number of aliphatic hydroxyl groups is 2. The summed E-state index contributed by atoms with van der Waals surface area (Å²) in [5.74, 6) is -0.479. The molecule has 0 saturated carbocycles. The maximum Gasteiger partial charge on any atom is 0.144 e. The van der Waals surface area contributed by atoms with Crippen molar-refractivity contribution < 1.29 is 14.6 Å². The first-order valence-electron chi connectivity index (χ1n) is 4.67. The predicted octanol–water partition coefficient (Wildman–Crippen LogP) is 2.01. The molecule has 84 valence electrons. The van der Waals surface area contributed by atoms with E-state index in [4.69, 9.17) is 21.8 Å². The topological polar surface area (TPSA) is 40.5 Å². The molecule has 0 aromatic heterocycles. The van der Waals surface area contributed by atoms with E-state index in [1.165, 1.54) is 6.07 Å². The largest absolute Gasteiger partial charge is 0.396 e. The van der Waals surface area contributed by atoms with Gasteiger partial charge in [0.05, 0.1) is 18.2 Å². The molecule has 0 aliphatic heterocycles. The first-order chi connectivity index (χ1) is 7.02. The Bertz CT molecular complexity index is 337. The van der Waals surface area contributed by atoms with Gasteiger partial charge < -0.3 is 10.2 Å². The number of hydrogen-bond acceptors (Lipinski definition) is 2. The van der Waals surface area contributed by atoms with Crippen molar-refractivity contribution in [2.24, 2.45) is 5.41 Å². The zero-order chi connectivity index (χ0) is 11.5. The Morgan fingerprint density at radius 3 is 2.47 bits per heavy atom. The van der Waals surface area contributed by atoms with Gasteiger partial charge >= 0.3 is 0 Å². The summed E-state index contributed by atoms with van der Waals surface area (Å²) in [6.07, 6.45) is 0.256. The van der Waals surface area contributed by atoms with Crippen LogP contribution in [0.15, 0.2) is 18.2 Å². The molecule has 0 aliphatic carbocycles. The number of hydrogen-bond donors (Lipinski definition) is 2. The Hall–Kier alpha value is -0.640. The van der Waals surface area contributed by atoms with Crippen LogP contribution in [0, 0.1) is 11.2 Å². The Labute approximate surface area is 93.3 Å². The molecule has 1 aromatic carbocycles. The van der Waals surface area contributed by atoms with Gasteiger partial charge in [-0.15, -0.1) is 0 Å². The van der Waals surface area contributed by atoms with Gasteiger partial charge in [-0.3, -0.25) is 0 Å². The molecule has 2 nitrogen and oxygen atoms in total. The third-order valence-corrected chi connectivity index (χ3v) is 2.70. The third kappa shape index (κ3) is 2.91. The highest BCUT2D eigenvalue weighted by Crippen LogP contribution is 2.26. The average molecular weight is 233 g/mol. The fraction of sp³-hybridized carbons (Fsp3) is 0.455. The molecule has 0 heterocycles. The maximum absolute atomic E-state index is 13.5. The number of aliphatic hydroxyl groups excluding tert-OH is 2. The van der Waals surface area contributed by atoms with Crippen LogP contribution in [0.1, 0.15) is 12.5 Å². The van der Waals surface area contributed by atoms with E-state index in [0.717, 1.165) is 0 Å². The van der Waals surface area contributed by atoms with Gasteiger partial charge in [0, 0.05) is 5.41 Å². The zero-order valence-electron chi connectivity index (χ0n) is 8.50. The molecule has 0 fully saturated rings. The second kappa shape index (κ2) is 4.92. The van der Waals surface area contributed by atoms with Crippen LogP contribution in [-0.4, -0.2) is 23.4 Å². The highest BCUT2D eigenvalue weighted by molar-refractivity contribution is 6.30. The minimum atomic E-state index is -0.717. The minimum Gasteiger partial charge on any atom is -0.396 e. The highest BCUT2D eigenvalue weighted by atomic mass is 35.5. The lowest BCUT2D eigenvalue weighted by Gasteiger charge is -2.24. The molecule has 2 N–H and O–H groups in total. The summed E-state index contributed by atoms with van der Waals surface area (Å²) in [4.78, 5) is 0. The second-order valence-corrected chi connectivity index (χ2v) is 4.42. The summed E-state index contributed by atoms with van der Waals surface area (Å²) in [7, 11) is 0. The van der Waals surface area contributed by atoms with Gasteiger partial charge in [0.15, 0.2) is 0 Å². The van der Waals surface area contributed by atoms with Gasteiger partial charge in [0.1, 0.15) is 5.82 Å². The van der Waals surface area contributed by atoms with Crippen molar-refractivity contribution in [3.05, 3.63) is 34.6 Å². The summed E-state index contributed by atoms with van der Waals surface area (Å²) < 4.78 is 13.5. The van der Waals surface area contributed by atoms with Crippen molar-refractivity contribution in [3.8, 4) is 0 Å². The van der Waals surface area contributed by atoms with Crippen LogP contribution in [-0.2, 0) is 6.42 Å². The molecular formula is C11H14ClFO2. The van der Waals surface area contributed by atoms with Crippen molar-refractivity contribution in [3.63, 3.8) is 0 Å². The summed E-state index contributed by atoms with van der Waals surface area (Å²) in [6.45, 7) is 1.29. The first kappa shape index (κ1) is 12.4. The molecule has 1 rings (SSSR count). The van der Waals surface area contributed by atoms with Gasteiger partial charge in [-0.05, 0) is 18.1 Å². The van der Waals surface area contributed by atoms with E-state index in [1.54, 1.807) is 19.1 Å². The lowest BCUT2D eigenvalue weighted by molar-refractivity contribution is 0.0697. The van der Waals surface area contributed by atoms with E-state index in [1.807, 2.05) is 0 Å². The van der Waals surface area contributed by atoms with E-state index < -0.39 is 11.2 Å². The summed E-state index contributed by atoms with van der Waals surface area (Å²) >= 11 is 5.63. The van der Waals surface area contributed by atoms with E-state index in [9.17, 15) is 4.39 Å². The molecule has 0 atom stereocenters. The molecule has 0 radical (unpaired) electrons. The molecular weight excluding hydrogens is 219 g/mol. The zero-order valence-corrected chi connectivity index (χ0v) is 9.26. The quantitative estimate of drug-likeness (QED) is 0.834. The van der Waals surface area contributed by atoms with Gasteiger partial charge in [0.2, 0.25) is 0 Å². The predicted molar refractivity (Wildman–Crippen MR) is 57.4 cm³/mol. The van der Waals surface area contributed by atoms with Crippen LogP contribution in [0.4, 0.5) is 4.39 Å². The minimum absolute atomic E-state index is 0.0609. The normalized spacial score (nSPS) is 11.8. The molecule has 0 saturated heterocycles. The van der Waals surface area contributed by atoms with Crippen molar-refractivity contribution in [1.29, 1.82) is 0 Å². The van der Waals surface area contributed by atoms with Crippen molar-refractivity contribution in [2.45, 2.75) is 13.3 Å². The molecule has 0 spiro atoms. The second-order valence-electron chi connectivity index (χ2n) is 4.02. The molecule has 0 amide bonds. The fourth-order valence-electron chi connectivity index (χ4n) is 1.31. The molecule has 0 unspecified atom stereocenters. The van der Waals surface area contributed by atoms with Gasteiger partial charge in [0.25, 0.3) is 0 Å². The molecule has 0 bridgehead atoms. The van der Waals surface area contributed by atoms with Crippen LogP contribution in [0.2, 0.25) is 5.02 Å². The number of halogens is 2. The monoisotopic (exact) mass is 232 g/mol. The maximum atomic E-state index is 13.5. The van der Waals surface area contributed by atoms with E-state index in [2.05, 4.69) is 0 Å². The Balaban J connectivity index is 2.94. The van der Waals surface area contributed by atoms with E-state index >= 15 is 0 Å². The van der Waals surface area contributed by atoms with E-state index in [-0.39, 0.29) is 24.7 Å². The number of rotatable bonds is 4. The Kier molecular flexibility index (Phi) is 4.08. The average Bonchev–Trinajstić information content (AvgIpc) is 2.25. The molecule has 1 aromatic rings. The van der Waals surface area contributed by atoms with Crippen molar-refractivity contribution in [2.75, 3.05) is 13.2 Å². The Morgan fingerprint density at radius 1 is 1.33 bits per heavy atom. The summed E-state index contributed by atoms with van der Waals surface area (Å²) in [5.41, 5.74) is -0.306. The van der Waals surface area contributed by atoms with E-state index in [0.29, 0.717) is 5.56 Å². The van der Waals surface area contributed by atoms with Crippen LogP contribution in [0.3, 0.4) is 0 Å². The van der Waals surface area contributed by atoms with Crippen LogP contribution in [0.25, 0.3) is 0 Å². The third-order valence-electron chi connectivity index (χ3n) is 2.41. The molecule has 4 heteroatoms. The lowest BCUT2D eigenvalue weighted by atomic mass is 9.85. The van der Waals surface area contributed by atoms with Gasteiger partial charge in [-0.1, -0.05) is 30.7 Å². The van der Waals surface area contributed by atoms with Gasteiger partial charge in [-0.25, -0.2) is 4.39 Å². The SMILES string of the molecule is CC(CO)(CO)Cc1cccc(Cl)c1F. The molecule has 0 aliphatic rings. The van der Waals surface area contributed by atoms with Crippen molar-refractivity contribution in [1.82, 2.24) is 0 Å². The highest BCUT2D eigenvalue weighted by Gasteiger charge is 2.24. The summed E-state index contributed by atoms with van der Waals surface area (Å²) in [5, 5.41) is 18.2. The van der Waals surface area contributed by atoms with Crippen LogP contribution < -0.4 is 0 Å². The fourth-order valence-corrected chi connectivity index (χ4v) is 1.50. The van der Waals surface area contributed by atoms with Crippen molar-refractivity contribution >= 4 is 11.6 Å². The van der Waals surface area contributed by atoms with Crippen LogP contribution >= 0.6 is 11.6 Å². The molecule has 15 heavy (non-hydrogen) atoms. The standard InChI is InChI=1S/C11H14ClFO2/c1-11(6-14,7-15)5-8-3-2-4-9(12)10(8)13/h2-4,14-15H,5-7H2,1H3. The Morgan fingerprint density at radius 2 is 1.93 bits per heavy atom.